The van der Waals surface area contributed by atoms with Gasteiger partial charge in [-0.3, -0.25) is 4.79 Å². The van der Waals surface area contributed by atoms with Crippen LogP contribution in [-0.2, 0) is 0 Å². The van der Waals surface area contributed by atoms with Crippen molar-refractivity contribution in [2.75, 3.05) is 14.2 Å². The molecular weight excluding hydrogens is 390 g/mol. The van der Waals surface area contributed by atoms with Crippen molar-refractivity contribution in [3.8, 4) is 28.6 Å². The molecule has 0 radical (unpaired) electrons. The summed E-state index contributed by atoms with van der Waals surface area (Å²) in [5, 5.41) is 0. The third-order valence-electron chi connectivity index (χ3n) is 5.77. The van der Waals surface area contributed by atoms with Gasteiger partial charge in [0.15, 0.2) is 0 Å². The van der Waals surface area contributed by atoms with Crippen LogP contribution in [0.3, 0.4) is 0 Å². The first kappa shape index (κ1) is 20.8. The largest absolute Gasteiger partial charge is 0.497 e. The van der Waals surface area contributed by atoms with Gasteiger partial charge in [0.05, 0.1) is 12.8 Å². The molecule has 0 saturated heterocycles. The van der Waals surface area contributed by atoms with E-state index in [0.717, 1.165) is 24.2 Å². The summed E-state index contributed by atoms with van der Waals surface area (Å²) in [5.41, 5.74) is 2.22. The molecule has 1 aliphatic rings. The number of methoxy groups -OCH3 is 1. The lowest BCUT2D eigenvalue weighted by Crippen LogP contribution is -2.38. The minimum atomic E-state index is 0.0533. The van der Waals surface area contributed by atoms with Gasteiger partial charge in [0.2, 0.25) is 5.88 Å². The van der Waals surface area contributed by atoms with Gasteiger partial charge >= 0.3 is 0 Å². The molecule has 1 fully saturated rings. The molecule has 1 amide bonds. The predicted molar refractivity (Wildman–Crippen MR) is 120 cm³/mol. The highest BCUT2D eigenvalue weighted by Gasteiger charge is 2.23. The van der Waals surface area contributed by atoms with E-state index in [-0.39, 0.29) is 5.91 Å². The zero-order chi connectivity index (χ0) is 21.6. The lowest BCUT2D eigenvalue weighted by Gasteiger charge is -2.31. The van der Waals surface area contributed by atoms with Gasteiger partial charge in [0.25, 0.3) is 5.91 Å². The van der Waals surface area contributed by atoms with Gasteiger partial charge in [-0.25, -0.2) is 9.97 Å². The highest BCUT2D eigenvalue weighted by Crippen LogP contribution is 2.27. The average Bonchev–Trinajstić information content (AvgIpc) is 2.84. The summed E-state index contributed by atoms with van der Waals surface area (Å²) >= 11 is 0. The van der Waals surface area contributed by atoms with E-state index in [9.17, 15) is 4.79 Å². The van der Waals surface area contributed by atoms with Crippen LogP contribution in [0.2, 0.25) is 0 Å². The molecule has 0 N–H and O–H groups in total. The number of aromatic nitrogens is 2. The van der Waals surface area contributed by atoms with E-state index in [1.54, 1.807) is 13.2 Å². The van der Waals surface area contributed by atoms with E-state index in [0.29, 0.717) is 28.9 Å². The number of rotatable bonds is 6. The maximum atomic E-state index is 13.0. The molecule has 4 rings (SSSR count). The standard InChI is InChI=1S/C25H27N3O3/c1-28(20-9-4-3-5-10-20)25(29)19-8-6-7-18(15-19)23-16-24(27-17-26-23)31-22-13-11-21(30-2)12-14-22/h6-8,11-17,20H,3-5,9-10H2,1-2H3. The van der Waals surface area contributed by atoms with Crippen LogP contribution in [0, 0.1) is 0 Å². The van der Waals surface area contributed by atoms with E-state index in [4.69, 9.17) is 9.47 Å². The van der Waals surface area contributed by atoms with Crippen molar-refractivity contribution in [3.05, 3.63) is 66.5 Å². The van der Waals surface area contributed by atoms with Crippen LogP contribution in [0.15, 0.2) is 60.9 Å². The molecular formula is C25H27N3O3. The molecule has 0 bridgehead atoms. The molecule has 2 aromatic carbocycles. The summed E-state index contributed by atoms with van der Waals surface area (Å²) in [5.74, 6) is 1.91. The minimum Gasteiger partial charge on any atom is -0.497 e. The number of nitrogens with zero attached hydrogens (tertiary/aromatic N) is 3. The molecule has 0 aliphatic heterocycles. The molecule has 0 atom stereocenters. The molecule has 160 valence electrons. The maximum Gasteiger partial charge on any atom is 0.253 e. The van der Waals surface area contributed by atoms with E-state index < -0.39 is 0 Å². The second kappa shape index (κ2) is 9.60. The quantitative estimate of drug-likeness (QED) is 0.541. The predicted octanol–water partition coefficient (Wildman–Crippen LogP) is 5.35. The Kier molecular flexibility index (Phi) is 6.46. The smallest absolute Gasteiger partial charge is 0.253 e. The van der Waals surface area contributed by atoms with Crippen LogP contribution in [0.1, 0.15) is 42.5 Å². The van der Waals surface area contributed by atoms with Crippen LogP contribution >= 0.6 is 0 Å². The Hall–Kier alpha value is -3.41. The molecule has 1 aliphatic carbocycles. The third kappa shape index (κ3) is 5.02. The Balaban J connectivity index is 1.51. The number of amides is 1. The summed E-state index contributed by atoms with van der Waals surface area (Å²) in [6, 6.07) is 17.0. The third-order valence-corrected chi connectivity index (χ3v) is 5.77. The van der Waals surface area contributed by atoms with Crippen LogP contribution in [0.4, 0.5) is 0 Å². The molecule has 3 aromatic rings. The van der Waals surface area contributed by atoms with E-state index in [2.05, 4.69) is 9.97 Å². The first-order chi connectivity index (χ1) is 15.1. The highest BCUT2D eigenvalue weighted by molar-refractivity contribution is 5.95. The van der Waals surface area contributed by atoms with Crippen LogP contribution in [0.5, 0.6) is 17.4 Å². The monoisotopic (exact) mass is 417 g/mol. The Morgan fingerprint density at radius 2 is 1.71 bits per heavy atom. The van der Waals surface area contributed by atoms with Crippen molar-refractivity contribution in [3.63, 3.8) is 0 Å². The van der Waals surface area contributed by atoms with Crippen molar-refractivity contribution in [1.82, 2.24) is 14.9 Å². The van der Waals surface area contributed by atoms with E-state index >= 15 is 0 Å². The van der Waals surface area contributed by atoms with Crippen molar-refractivity contribution in [2.24, 2.45) is 0 Å². The van der Waals surface area contributed by atoms with Crippen LogP contribution < -0.4 is 9.47 Å². The molecule has 0 spiro atoms. The van der Waals surface area contributed by atoms with Crippen molar-refractivity contribution in [2.45, 2.75) is 38.1 Å². The Morgan fingerprint density at radius 3 is 2.45 bits per heavy atom. The number of carbonyl (C=O) groups is 1. The lowest BCUT2D eigenvalue weighted by atomic mass is 9.94. The van der Waals surface area contributed by atoms with Gasteiger partial charge in [-0.15, -0.1) is 0 Å². The normalized spacial score (nSPS) is 14.1. The fourth-order valence-corrected chi connectivity index (χ4v) is 3.97. The fraction of sp³-hybridized carbons (Fsp3) is 0.320. The second-order valence-corrected chi connectivity index (χ2v) is 7.81. The number of ether oxygens (including phenoxy) is 2. The number of hydrogen-bond acceptors (Lipinski definition) is 5. The van der Waals surface area contributed by atoms with Gasteiger partial charge in [-0.2, -0.15) is 0 Å². The second-order valence-electron chi connectivity index (χ2n) is 7.81. The highest BCUT2D eigenvalue weighted by atomic mass is 16.5. The summed E-state index contributed by atoms with van der Waals surface area (Å²) < 4.78 is 11.0. The minimum absolute atomic E-state index is 0.0533. The van der Waals surface area contributed by atoms with Crippen molar-refractivity contribution >= 4 is 5.91 Å². The molecule has 6 nitrogen and oxygen atoms in total. The van der Waals surface area contributed by atoms with Crippen molar-refractivity contribution < 1.29 is 14.3 Å². The molecule has 0 unspecified atom stereocenters. The lowest BCUT2D eigenvalue weighted by molar-refractivity contribution is 0.0696. The number of hydrogen-bond donors (Lipinski definition) is 0. The fourth-order valence-electron chi connectivity index (χ4n) is 3.97. The molecule has 1 heterocycles. The summed E-state index contributed by atoms with van der Waals surface area (Å²) in [6.07, 6.45) is 7.29. The van der Waals surface area contributed by atoms with Gasteiger partial charge in [0, 0.05) is 30.3 Å². The first-order valence-corrected chi connectivity index (χ1v) is 10.7. The zero-order valence-electron chi connectivity index (χ0n) is 18.0. The van der Waals surface area contributed by atoms with E-state index in [1.807, 2.05) is 60.5 Å². The molecule has 31 heavy (non-hydrogen) atoms. The Morgan fingerprint density at radius 1 is 0.968 bits per heavy atom. The summed E-state index contributed by atoms with van der Waals surface area (Å²) in [7, 11) is 3.54. The average molecular weight is 418 g/mol. The van der Waals surface area contributed by atoms with Crippen LogP contribution in [0.25, 0.3) is 11.3 Å². The maximum absolute atomic E-state index is 13.0. The van der Waals surface area contributed by atoms with Gasteiger partial charge in [-0.1, -0.05) is 31.4 Å². The summed E-state index contributed by atoms with van der Waals surface area (Å²) in [6.45, 7) is 0. The molecule has 6 heteroatoms. The van der Waals surface area contributed by atoms with Crippen LogP contribution in [-0.4, -0.2) is 41.0 Å². The Bertz CT molecular complexity index is 1030. The number of benzene rings is 2. The SMILES string of the molecule is COc1ccc(Oc2cc(-c3cccc(C(=O)N(C)C4CCCCC4)c3)ncn2)cc1. The number of carbonyl (C=O) groups excluding carboxylic acids is 1. The van der Waals surface area contributed by atoms with Gasteiger partial charge in [0.1, 0.15) is 17.8 Å². The Labute approximate surface area is 182 Å². The van der Waals surface area contributed by atoms with Gasteiger partial charge < -0.3 is 14.4 Å². The molecule has 1 saturated carbocycles. The zero-order valence-corrected chi connectivity index (χ0v) is 18.0. The van der Waals surface area contributed by atoms with E-state index in [1.165, 1.54) is 25.6 Å². The van der Waals surface area contributed by atoms with Gasteiger partial charge in [-0.05, 0) is 49.2 Å². The molecule has 1 aromatic heterocycles. The summed E-state index contributed by atoms with van der Waals surface area (Å²) in [4.78, 5) is 23.5. The topological polar surface area (TPSA) is 64.6 Å². The van der Waals surface area contributed by atoms with Crippen molar-refractivity contribution in [1.29, 1.82) is 0 Å². The first-order valence-electron chi connectivity index (χ1n) is 10.7.